The molecule has 66 heteroatoms. The molecule has 0 aromatic carbocycles. The molecule has 0 spiro atoms. The van der Waals surface area contributed by atoms with Crippen molar-refractivity contribution in [3.05, 3.63) is 118 Å². The highest BCUT2D eigenvalue weighted by atomic mass is 31.2. The third-order valence-electron chi connectivity index (χ3n) is 19.7. The number of phosphoric acid groups is 5. The van der Waals surface area contributed by atoms with Crippen LogP contribution in [0.1, 0.15) is 56.6 Å². The molecule has 123 heavy (non-hydrogen) atoms. The highest BCUT2D eigenvalue weighted by Gasteiger charge is 2.55. The Labute approximate surface area is 679 Å². The van der Waals surface area contributed by atoms with Gasteiger partial charge in [-0.05, 0) is 18.2 Å². The zero-order chi connectivity index (χ0) is 88.0. The molecule has 0 saturated carbocycles. The molecular formula is C57H73N24O37P5. The zero-order valence-electron chi connectivity index (χ0n) is 62.1. The maximum atomic E-state index is 14.5. The van der Waals surface area contributed by atoms with Crippen LogP contribution in [0.25, 0.3) is 33.5 Å². The monoisotopic (exact) mass is 1840 g/mol. The summed E-state index contributed by atoms with van der Waals surface area (Å²) in [6.45, 7) is -6.89. The van der Waals surface area contributed by atoms with Gasteiger partial charge in [-0.3, -0.25) is 102 Å². The highest BCUT2D eigenvalue weighted by Crippen LogP contribution is 2.57. The van der Waals surface area contributed by atoms with Crippen LogP contribution in [0.2, 0.25) is 0 Å². The van der Waals surface area contributed by atoms with Crippen LogP contribution in [0.4, 0.5) is 35.3 Å². The van der Waals surface area contributed by atoms with Crippen molar-refractivity contribution < 1.29 is 146 Å². The number of aliphatic hydroxyl groups excluding tert-OH is 5. The van der Waals surface area contributed by atoms with Gasteiger partial charge in [-0.1, -0.05) is 0 Å². The van der Waals surface area contributed by atoms with Crippen molar-refractivity contribution in [1.82, 2.24) is 87.2 Å². The highest BCUT2D eigenvalue weighted by molar-refractivity contribution is 7.48. The molecule has 26 atom stereocenters. The molecule has 9 aromatic heterocycles. The number of H-pyrrole nitrogens is 3. The number of nitrogen functional groups attached to an aromatic ring is 6. The van der Waals surface area contributed by atoms with E-state index in [2.05, 4.69) is 59.8 Å². The number of hydrogen-bond donors (Lipinski definition) is 19. The van der Waals surface area contributed by atoms with Gasteiger partial charge < -0.3 is 113 Å². The summed E-state index contributed by atoms with van der Waals surface area (Å²) >= 11 is 0. The number of nitrogens with zero attached hydrogens (tertiary/aromatic N) is 15. The van der Waals surface area contributed by atoms with Crippen LogP contribution in [0.3, 0.4) is 0 Å². The summed E-state index contributed by atoms with van der Waals surface area (Å²) in [5.41, 5.74) is 26.8. The lowest BCUT2D eigenvalue weighted by Crippen LogP contribution is -2.37. The summed E-state index contributed by atoms with van der Waals surface area (Å²) in [6, 6.07) is 3.54. The molecule has 0 bridgehead atoms. The zero-order valence-corrected chi connectivity index (χ0v) is 66.6. The minimum Gasteiger partial charge on any atom is -0.394 e. The average molecular weight is 1840 g/mol. The Balaban J connectivity index is 0.645. The molecule has 25 N–H and O–H groups in total. The second kappa shape index (κ2) is 34.5. The van der Waals surface area contributed by atoms with Gasteiger partial charge in [-0.2, -0.15) is 29.9 Å². The molecule has 0 aliphatic carbocycles. The molecule has 6 fully saturated rings. The maximum absolute atomic E-state index is 14.5. The van der Waals surface area contributed by atoms with Crippen LogP contribution < -0.4 is 68.1 Å². The molecule has 6 aliphatic heterocycles. The van der Waals surface area contributed by atoms with E-state index in [1.807, 2.05) is 0 Å². The summed E-state index contributed by atoms with van der Waals surface area (Å²) in [6.07, 6.45) is -33.9. The van der Waals surface area contributed by atoms with Gasteiger partial charge in [0.05, 0.1) is 58.6 Å². The minimum atomic E-state index is -5.84. The van der Waals surface area contributed by atoms with Crippen LogP contribution in [-0.4, -0.2) is 268 Å². The van der Waals surface area contributed by atoms with Crippen molar-refractivity contribution in [2.75, 3.05) is 74.0 Å². The van der Waals surface area contributed by atoms with E-state index in [4.69, 9.17) is 108 Å². The number of nitrogens with one attached hydrogen (secondary N) is 3. The molecule has 5 unspecified atom stereocenters. The number of anilines is 6. The molecule has 668 valence electrons. The van der Waals surface area contributed by atoms with E-state index in [-0.39, 0.29) is 52.2 Å². The number of aromatic amines is 3. The number of aromatic nitrogens is 18. The Morgan fingerprint density at radius 3 is 0.984 bits per heavy atom. The molecular weight excluding hydrogens is 1770 g/mol. The third kappa shape index (κ3) is 18.9. The first-order chi connectivity index (χ1) is 58.1. The van der Waals surface area contributed by atoms with Crippen molar-refractivity contribution >= 4 is 108 Å². The third-order valence-corrected chi connectivity index (χ3v) is 24.7. The fourth-order valence-corrected chi connectivity index (χ4v) is 18.9. The largest absolute Gasteiger partial charge is 0.472 e. The van der Waals surface area contributed by atoms with Gasteiger partial charge in [0.25, 0.3) is 16.7 Å². The van der Waals surface area contributed by atoms with Gasteiger partial charge in [-0.15, -0.1) is 0 Å². The van der Waals surface area contributed by atoms with Crippen molar-refractivity contribution in [1.29, 1.82) is 0 Å². The predicted molar refractivity (Wildman–Crippen MR) is 398 cm³/mol. The summed E-state index contributed by atoms with van der Waals surface area (Å²) < 4.78 is 166. The lowest BCUT2D eigenvalue weighted by molar-refractivity contribution is -0.0652. The lowest BCUT2D eigenvalue weighted by Gasteiger charge is -2.26. The van der Waals surface area contributed by atoms with Gasteiger partial charge in [-0.25, -0.2) is 52.2 Å². The van der Waals surface area contributed by atoms with Crippen LogP contribution in [0, 0.1) is 0 Å². The molecule has 9 aromatic rings. The second-order valence-electron chi connectivity index (χ2n) is 27.8. The number of fused-ring (bicyclic) bond motifs is 3. The molecule has 6 saturated heterocycles. The van der Waals surface area contributed by atoms with Crippen LogP contribution in [0.5, 0.6) is 0 Å². The van der Waals surface area contributed by atoms with Gasteiger partial charge in [0, 0.05) is 37.9 Å². The number of imidazole rings is 3. The molecule has 61 nitrogen and oxygen atoms in total. The van der Waals surface area contributed by atoms with E-state index < -0.39 is 277 Å². The quantitative estimate of drug-likeness (QED) is 0.0174. The van der Waals surface area contributed by atoms with Crippen LogP contribution >= 0.6 is 39.1 Å². The smallest absolute Gasteiger partial charge is 0.394 e. The van der Waals surface area contributed by atoms with Gasteiger partial charge in [0.15, 0.2) is 52.2 Å². The first kappa shape index (κ1) is 88.5. The topological polar surface area (TPSA) is 887 Å². The van der Waals surface area contributed by atoms with E-state index in [9.17, 15) is 102 Å². The SMILES string of the molecule is Nc1ccn([C@H]2C[C@H](OP(=O)(O)OC[C@H]3O[C@@H](n4cnc5c(=O)[nH]c(N)nc54)[C@H](O)[C@@H]3OP(=O)(O)OC[C@H]3O[C@@H](n4ccc(N)nc4=O)C[C@@H]3OP(=O)(O)OC[C@H]3O[C@@H](n4cnc5c(=O)[nH]c(N)nc54)[C@H](O)[C@@H]3OP(=O)(O)OC[C@H]3O[C@@H](n4ccc(N)nc4=O)C[C@@H]3OP(=O)(O)OC[C@H]3O[C@@H](n4cnc5c(=O)[nH]c(N)nc54)[C@H](O)[C@@H]3O)[C@@H](CO)O2)c(=O)n1. The molecule has 0 radical (unpaired) electrons. The Kier molecular flexibility index (Phi) is 24.8. The van der Waals surface area contributed by atoms with Crippen molar-refractivity contribution in [2.24, 2.45) is 0 Å². The summed E-state index contributed by atoms with van der Waals surface area (Å²) in [5.74, 6) is -2.02. The molecule has 15 heterocycles. The van der Waals surface area contributed by atoms with Crippen molar-refractivity contribution in [2.45, 2.75) is 148 Å². The average Bonchev–Trinajstić information content (AvgIpc) is 1.64. The number of ether oxygens (including phenoxy) is 6. The Morgan fingerprint density at radius 2 is 0.659 bits per heavy atom. The fraction of sp³-hybridized carbons (Fsp3) is 0.526. The molecule has 15 rings (SSSR count). The van der Waals surface area contributed by atoms with Gasteiger partial charge in [0.1, 0.15) is 128 Å². The van der Waals surface area contributed by atoms with E-state index in [1.54, 1.807) is 0 Å². The minimum absolute atomic E-state index is 0.149. The van der Waals surface area contributed by atoms with Crippen molar-refractivity contribution in [3.8, 4) is 0 Å². The number of aliphatic hydroxyl groups is 5. The standard InChI is InChI=1S/C57H73N24O37P5/c58-28-1-4-76(55(90)67-28)31-7-19(22(10-82)108-31)114-120(95,96)106-14-26-41(39(85)50(112-26)80-17-65-35-44(80)71-53(62)74-47(35)88)117-123(101,102)104-12-24-21(9-33(110-24)78-6-3-30(60)69-57(78)92)116-121(97,98)107-15-27-42(40(86)51(113-27)81-18-66-36-45(81)72-54(63)75-48(36)89)118-122(99,100)103-11-23-20(8-32(109-23)77-5-2-29(59)68-56(77)91)115-119(93,94)105-13-25-37(83)38(84)49(111-25)79-16-64-34-43(79)70-52(61)73-46(34)87/h1-6,16-27,31-33,37-42,49-51,82-86H,7-15H2,(H,93,94)(H,95,96)(H,97,98)(H,99,100)(H,101,102)(H2,58,67,90)(H2,59,68,91)(H2,60,69,92)(H3,61,70,73,87)(H3,62,71,74,88)(H3,63,72,75,89)/t19-,20-,21-,22+,23+,24+,25+,26+,27+,31+,32+,33+,37+,38+,39+,40+,41+,42+,49+,50+,51+/m0/s1. The Morgan fingerprint density at radius 1 is 0.374 bits per heavy atom. The van der Waals surface area contributed by atoms with Crippen LogP contribution in [0.15, 0.2) is 84.5 Å². The first-order valence-electron chi connectivity index (χ1n) is 35.8. The Bertz CT molecular complexity index is 6130. The van der Waals surface area contributed by atoms with E-state index in [1.165, 1.54) is 12.3 Å². The number of rotatable bonds is 32. The Hall–Kier alpha value is -9.40. The summed E-state index contributed by atoms with van der Waals surface area (Å²) in [7, 11) is -28.4. The normalized spacial score (nSPS) is 31.1. The van der Waals surface area contributed by atoms with E-state index in [0.29, 0.717) is 0 Å². The summed E-state index contributed by atoms with van der Waals surface area (Å²) in [4.78, 5) is 176. The lowest BCUT2D eigenvalue weighted by atomic mass is 10.1. The predicted octanol–water partition coefficient (Wildman–Crippen LogP) is -6.85. The first-order valence-corrected chi connectivity index (χ1v) is 43.3. The van der Waals surface area contributed by atoms with Crippen LogP contribution in [-0.2, 0) is 96.5 Å². The fourth-order valence-electron chi connectivity index (χ4n) is 14.1. The second-order valence-corrected chi connectivity index (χ2v) is 34.8. The molecule has 0 amide bonds. The number of phosphoric ester groups is 5. The van der Waals surface area contributed by atoms with Crippen molar-refractivity contribution in [3.63, 3.8) is 0 Å². The number of nitrogens with two attached hydrogens (primary N) is 6. The van der Waals surface area contributed by atoms with Gasteiger partial charge >= 0.3 is 56.2 Å². The number of hydrogen-bond acceptors (Lipinski definition) is 47. The van der Waals surface area contributed by atoms with E-state index in [0.717, 1.165) is 70.9 Å². The summed E-state index contributed by atoms with van der Waals surface area (Å²) in [5, 5.41) is 56.2. The van der Waals surface area contributed by atoms with E-state index >= 15 is 0 Å². The molecule has 6 aliphatic rings. The maximum Gasteiger partial charge on any atom is 0.472 e. The van der Waals surface area contributed by atoms with Gasteiger partial charge in [0.2, 0.25) is 17.8 Å².